The number of carbonyl (C=O) groups excluding carboxylic acids is 2. The van der Waals surface area contributed by atoms with Crippen LogP contribution in [0.2, 0.25) is 10.0 Å². The predicted octanol–water partition coefficient (Wildman–Crippen LogP) is 0.891. The van der Waals surface area contributed by atoms with Gasteiger partial charge in [0.25, 0.3) is 5.91 Å². The van der Waals surface area contributed by atoms with Crippen molar-refractivity contribution in [3.05, 3.63) is 33.8 Å². The number of halogens is 2. The first-order valence-corrected chi connectivity index (χ1v) is 6.31. The van der Waals surface area contributed by atoms with Crippen molar-refractivity contribution < 1.29 is 19.2 Å². The number of ether oxygens (including phenoxy) is 1. The van der Waals surface area contributed by atoms with E-state index in [0.717, 1.165) is 10.5 Å². The van der Waals surface area contributed by atoms with Crippen LogP contribution in [0.25, 0.3) is 0 Å². The zero-order chi connectivity index (χ0) is 14.4. The predicted molar refractivity (Wildman–Crippen MR) is 72.5 cm³/mol. The number of imide groups is 1. The molecule has 2 amide bonds. The van der Waals surface area contributed by atoms with Crippen molar-refractivity contribution in [3.63, 3.8) is 0 Å². The number of amides is 2. The highest BCUT2D eigenvalue weighted by atomic mass is 35.5. The molecular formula is C12H15Cl2N2O3+. The van der Waals surface area contributed by atoms with Gasteiger partial charge in [-0.15, -0.1) is 0 Å². The Kier molecular flexibility index (Phi) is 6.08. The maximum absolute atomic E-state index is 11.5. The van der Waals surface area contributed by atoms with Crippen LogP contribution in [0.15, 0.2) is 18.2 Å². The molecule has 1 atom stereocenters. The molecule has 5 nitrogen and oxygen atoms in total. The molecule has 0 aliphatic rings. The molecule has 7 heteroatoms. The topological polar surface area (TPSA) is 59.8 Å². The molecule has 0 bridgehead atoms. The van der Waals surface area contributed by atoms with Crippen LogP contribution in [0.5, 0.6) is 0 Å². The highest BCUT2D eigenvalue weighted by Gasteiger charge is 2.14. The van der Waals surface area contributed by atoms with Gasteiger partial charge in [-0.25, -0.2) is 4.79 Å². The van der Waals surface area contributed by atoms with E-state index in [9.17, 15) is 9.59 Å². The van der Waals surface area contributed by atoms with Gasteiger partial charge in [0.05, 0.1) is 24.2 Å². The summed E-state index contributed by atoms with van der Waals surface area (Å²) in [5, 5.41) is 3.07. The maximum atomic E-state index is 11.5. The Hall–Kier alpha value is -1.30. The highest BCUT2D eigenvalue weighted by molar-refractivity contribution is 6.42. The third kappa shape index (κ3) is 5.46. The summed E-state index contributed by atoms with van der Waals surface area (Å²) in [7, 11) is 3.04. The number of quaternary nitrogens is 1. The Morgan fingerprint density at radius 2 is 2.00 bits per heavy atom. The Labute approximate surface area is 121 Å². The van der Waals surface area contributed by atoms with Crippen LogP contribution in [0, 0.1) is 0 Å². The minimum absolute atomic E-state index is 0.148. The molecule has 0 aliphatic carbocycles. The van der Waals surface area contributed by atoms with Crippen LogP contribution >= 0.6 is 23.2 Å². The molecular weight excluding hydrogens is 291 g/mol. The van der Waals surface area contributed by atoms with E-state index >= 15 is 0 Å². The van der Waals surface area contributed by atoms with E-state index in [1.807, 2.05) is 13.1 Å². The molecule has 0 spiro atoms. The summed E-state index contributed by atoms with van der Waals surface area (Å²) in [5.41, 5.74) is 0.956. The largest absolute Gasteiger partial charge is 0.453 e. The van der Waals surface area contributed by atoms with E-state index in [-0.39, 0.29) is 6.54 Å². The van der Waals surface area contributed by atoms with Crippen LogP contribution < -0.4 is 10.2 Å². The molecule has 0 saturated carbocycles. The number of rotatable bonds is 4. The molecule has 104 valence electrons. The first-order chi connectivity index (χ1) is 8.92. The average molecular weight is 306 g/mol. The standard InChI is InChI=1S/C12H14Cl2N2O3/c1-16(7-11(17)15-12(18)19-2)6-8-3-4-9(13)10(14)5-8/h3-5H,6-7H2,1-2H3,(H,15,17,18)/p+1. The molecule has 0 fully saturated rings. The molecule has 1 rings (SSSR count). The summed E-state index contributed by atoms with van der Waals surface area (Å²) in [4.78, 5) is 23.2. The molecule has 0 aliphatic heterocycles. The zero-order valence-corrected chi connectivity index (χ0v) is 12.1. The van der Waals surface area contributed by atoms with Gasteiger partial charge >= 0.3 is 6.09 Å². The fraction of sp³-hybridized carbons (Fsp3) is 0.333. The maximum Gasteiger partial charge on any atom is 0.413 e. The third-order valence-electron chi connectivity index (χ3n) is 2.38. The van der Waals surface area contributed by atoms with E-state index in [1.54, 1.807) is 12.1 Å². The van der Waals surface area contributed by atoms with Gasteiger partial charge in [-0.1, -0.05) is 29.3 Å². The Morgan fingerprint density at radius 1 is 1.32 bits per heavy atom. The normalized spacial score (nSPS) is 11.8. The van der Waals surface area contributed by atoms with Crippen molar-refractivity contribution >= 4 is 35.2 Å². The number of methoxy groups -OCH3 is 1. The minimum atomic E-state index is -0.757. The van der Waals surface area contributed by atoms with Gasteiger partial charge < -0.3 is 9.64 Å². The Morgan fingerprint density at radius 3 is 2.58 bits per heavy atom. The summed E-state index contributed by atoms with van der Waals surface area (Å²) in [5.74, 6) is -0.399. The van der Waals surface area contributed by atoms with Crippen LogP contribution in [-0.4, -0.2) is 32.7 Å². The summed E-state index contributed by atoms with van der Waals surface area (Å²) in [6.07, 6.45) is -0.757. The van der Waals surface area contributed by atoms with E-state index in [4.69, 9.17) is 23.2 Å². The van der Waals surface area contributed by atoms with Gasteiger partial charge in [0.2, 0.25) is 0 Å². The Bertz CT molecular complexity index is 480. The second kappa shape index (κ2) is 7.33. The van der Waals surface area contributed by atoms with E-state index in [2.05, 4.69) is 10.1 Å². The molecule has 0 heterocycles. The Balaban J connectivity index is 2.50. The number of nitrogens with one attached hydrogen (secondary N) is 2. The lowest BCUT2D eigenvalue weighted by Gasteiger charge is -2.13. The molecule has 19 heavy (non-hydrogen) atoms. The molecule has 1 aromatic carbocycles. The number of hydrogen-bond acceptors (Lipinski definition) is 3. The second-order valence-corrected chi connectivity index (χ2v) is 4.91. The van der Waals surface area contributed by atoms with Crippen molar-refractivity contribution in [2.75, 3.05) is 20.7 Å². The third-order valence-corrected chi connectivity index (χ3v) is 3.12. The van der Waals surface area contributed by atoms with Gasteiger partial charge in [-0.2, -0.15) is 0 Å². The lowest BCUT2D eigenvalue weighted by atomic mass is 10.2. The second-order valence-electron chi connectivity index (χ2n) is 4.10. The first kappa shape index (κ1) is 15.8. The number of carbonyl (C=O) groups is 2. The molecule has 1 unspecified atom stereocenters. The quantitative estimate of drug-likeness (QED) is 0.868. The van der Waals surface area contributed by atoms with Crippen molar-refractivity contribution in [1.29, 1.82) is 0 Å². The van der Waals surface area contributed by atoms with Crippen LogP contribution in [-0.2, 0) is 16.1 Å². The molecule has 0 aromatic heterocycles. The van der Waals surface area contributed by atoms with E-state index in [1.165, 1.54) is 7.11 Å². The summed E-state index contributed by atoms with van der Waals surface area (Å²) in [6, 6.07) is 5.31. The number of benzene rings is 1. The summed E-state index contributed by atoms with van der Waals surface area (Å²) in [6.45, 7) is 0.737. The molecule has 0 radical (unpaired) electrons. The van der Waals surface area contributed by atoms with Gasteiger partial charge in [0.1, 0.15) is 6.54 Å². The van der Waals surface area contributed by atoms with Crippen molar-refractivity contribution in [2.45, 2.75) is 6.54 Å². The number of alkyl carbamates (subject to hydrolysis) is 1. The van der Waals surface area contributed by atoms with Crippen LogP contribution in [0.3, 0.4) is 0 Å². The van der Waals surface area contributed by atoms with Gasteiger partial charge in [0, 0.05) is 5.56 Å². The van der Waals surface area contributed by atoms with Crippen LogP contribution in [0.1, 0.15) is 5.56 Å². The minimum Gasteiger partial charge on any atom is -0.453 e. The smallest absolute Gasteiger partial charge is 0.413 e. The van der Waals surface area contributed by atoms with Gasteiger partial charge in [-0.3, -0.25) is 10.1 Å². The lowest BCUT2D eigenvalue weighted by Crippen LogP contribution is -3.08. The van der Waals surface area contributed by atoms with Crippen molar-refractivity contribution in [1.82, 2.24) is 5.32 Å². The summed E-state index contributed by atoms with van der Waals surface area (Å²) >= 11 is 11.7. The first-order valence-electron chi connectivity index (χ1n) is 5.55. The van der Waals surface area contributed by atoms with E-state index in [0.29, 0.717) is 16.6 Å². The molecule has 0 saturated heterocycles. The van der Waals surface area contributed by atoms with Gasteiger partial charge in [0.15, 0.2) is 6.54 Å². The average Bonchev–Trinajstić information content (AvgIpc) is 2.33. The monoisotopic (exact) mass is 305 g/mol. The molecule has 2 N–H and O–H groups in total. The van der Waals surface area contributed by atoms with Crippen molar-refractivity contribution in [2.24, 2.45) is 0 Å². The van der Waals surface area contributed by atoms with E-state index < -0.39 is 12.0 Å². The zero-order valence-electron chi connectivity index (χ0n) is 10.6. The fourth-order valence-corrected chi connectivity index (χ4v) is 1.86. The SMILES string of the molecule is COC(=O)NC(=O)C[NH+](C)Cc1ccc(Cl)c(Cl)c1. The fourth-order valence-electron chi connectivity index (χ4n) is 1.54. The molecule has 1 aromatic rings. The highest BCUT2D eigenvalue weighted by Crippen LogP contribution is 2.22. The lowest BCUT2D eigenvalue weighted by molar-refractivity contribution is -0.885. The summed E-state index contributed by atoms with van der Waals surface area (Å²) < 4.78 is 4.34. The van der Waals surface area contributed by atoms with Gasteiger partial charge in [-0.05, 0) is 12.1 Å². The van der Waals surface area contributed by atoms with Crippen LogP contribution in [0.4, 0.5) is 4.79 Å². The number of likely N-dealkylation sites (N-methyl/N-ethyl adjacent to an activating group) is 1. The number of hydrogen-bond donors (Lipinski definition) is 2. The van der Waals surface area contributed by atoms with Crippen molar-refractivity contribution in [3.8, 4) is 0 Å².